The molecule has 0 radical (unpaired) electrons. The number of rotatable bonds is 7. The number of piperazine rings is 1. The lowest BCUT2D eigenvalue weighted by molar-refractivity contribution is -0.137. The fourth-order valence-electron chi connectivity index (χ4n) is 3.35. The van der Waals surface area contributed by atoms with E-state index in [1.807, 2.05) is 0 Å². The average molecular weight is 448 g/mol. The molecule has 1 aromatic carbocycles. The highest BCUT2D eigenvalue weighted by Crippen LogP contribution is 2.34. The third kappa shape index (κ3) is 4.77. The number of halogens is 4. The first-order valence-corrected chi connectivity index (χ1v) is 9.73. The molecule has 1 saturated heterocycles. The molecule has 0 aromatic heterocycles. The van der Waals surface area contributed by atoms with E-state index in [4.69, 9.17) is 21.4 Å². The first kappa shape index (κ1) is 22.5. The van der Waals surface area contributed by atoms with Gasteiger partial charge in [-0.3, -0.25) is 14.5 Å². The number of hydrogen-bond donors (Lipinski definition) is 1. The first-order valence-electron chi connectivity index (χ1n) is 9.35. The van der Waals surface area contributed by atoms with Crippen molar-refractivity contribution in [2.75, 3.05) is 57.4 Å². The van der Waals surface area contributed by atoms with Crippen LogP contribution in [0.15, 0.2) is 35.0 Å². The maximum absolute atomic E-state index is 12.9. The molecule has 2 aliphatic heterocycles. The summed E-state index contributed by atoms with van der Waals surface area (Å²) >= 11 is 6.15. The van der Waals surface area contributed by atoms with Crippen molar-refractivity contribution in [1.82, 2.24) is 9.80 Å². The normalized spacial score (nSPS) is 18.7. The van der Waals surface area contributed by atoms with Crippen LogP contribution >= 0.6 is 11.6 Å². The molecule has 2 heterocycles. The van der Waals surface area contributed by atoms with Gasteiger partial charge in [-0.1, -0.05) is 11.6 Å². The highest BCUT2D eigenvalue weighted by atomic mass is 35.5. The zero-order valence-electron chi connectivity index (χ0n) is 16.0. The minimum Gasteiger partial charge on any atom is -0.394 e. The maximum Gasteiger partial charge on any atom is 0.416 e. The number of benzene rings is 1. The van der Waals surface area contributed by atoms with Gasteiger partial charge >= 0.3 is 6.18 Å². The summed E-state index contributed by atoms with van der Waals surface area (Å²) < 4.78 is 43.5. The molecule has 0 unspecified atom stereocenters. The second kappa shape index (κ2) is 9.34. The highest BCUT2D eigenvalue weighted by Gasteiger charge is 2.42. The van der Waals surface area contributed by atoms with Gasteiger partial charge in [0.2, 0.25) is 0 Å². The zero-order valence-corrected chi connectivity index (χ0v) is 16.7. The van der Waals surface area contributed by atoms with Crippen LogP contribution in [0.2, 0.25) is 0 Å². The van der Waals surface area contributed by atoms with E-state index in [-0.39, 0.29) is 29.6 Å². The number of carbonyl (C=O) groups excluding carboxylic acids is 2. The molecule has 164 valence electrons. The topological polar surface area (TPSA) is 73.3 Å². The Labute approximate surface area is 176 Å². The van der Waals surface area contributed by atoms with Gasteiger partial charge in [-0.15, -0.1) is 0 Å². The van der Waals surface area contributed by atoms with Crippen molar-refractivity contribution in [3.63, 3.8) is 0 Å². The second-order valence-electron chi connectivity index (χ2n) is 6.82. The summed E-state index contributed by atoms with van der Waals surface area (Å²) in [5.41, 5.74) is -0.771. The molecule has 3 rings (SSSR count). The van der Waals surface area contributed by atoms with Gasteiger partial charge in [0, 0.05) is 32.7 Å². The molecular formula is C19H21ClF3N3O4. The molecule has 1 aromatic rings. The predicted octanol–water partition coefficient (Wildman–Crippen LogP) is 1.66. The predicted molar refractivity (Wildman–Crippen MR) is 103 cm³/mol. The van der Waals surface area contributed by atoms with Gasteiger partial charge in [0.05, 0.1) is 31.1 Å². The molecule has 0 spiro atoms. The van der Waals surface area contributed by atoms with Crippen LogP contribution in [0.1, 0.15) is 5.56 Å². The number of anilines is 1. The van der Waals surface area contributed by atoms with E-state index >= 15 is 0 Å². The monoisotopic (exact) mass is 447 g/mol. The van der Waals surface area contributed by atoms with Crippen molar-refractivity contribution >= 4 is 29.1 Å². The van der Waals surface area contributed by atoms with Crippen LogP contribution in [0.25, 0.3) is 0 Å². The van der Waals surface area contributed by atoms with E-state index in [1.165, 1.54) is 0 Å². The number of alkyl halides is 3. The average Bonchev–Trinajstić information content (AvgIpc) is 2.94. The van der Waals surface area contributed by atoms with Crippen molar-refractivity contribution in [3.05, 3.63) is 40.6 Å². The summed E-state index contributed by atoms with van der Waals surface area (Å²) in [6.07, 6.45) is -4.51. The lowest BCUT2D eigenvalue weighted by atomic mass is 10.2. The van der Waals surface area contributed by atoms with E-state index in [1.54, 1.807) is 4.90 Å². The Bertz CT molecular complexity index is 821. The molecule has 7 nitrogen and oxygen atoms in total. The highest BCUT2D eigenvalue weighted by molar-refractivity contribution is 6.52. The third-order valence-corrected chi connectivity index (χ3v) is 5.27. The molecule has 0 aliphatic carbocycles. The van der Waals surface area contributed by atoms with Crippen LogP contribution in [0.3, 0.4) is 0 Å². The minimum atomic E-state index is -4.51. The van der Waals surface area contributed by atoms with E-state index < -0.39 is 23.6 Å². The van der Waals surface area contributed by atoms with Gasteiger partial charge in [0.15, 0.2) is 0 Å². The molecular weight excluding hydrogens is 427 g/mol. The van der Waals surface area contributed by atoms with Crippen LogP contribution in [-0.4, -0.2) is 79.3 Å². The van der Waals surface area contributed by atoms with Gasteiger partial charge in [0.25, 0.3) is 11.8 Å². The van der Waals surface area contributed by atoms with Crippen molar-refractivity contribution in [2.45, 2.75) is 6.18 Å². The molecule has 0 bridgehead atoms. The number of amides is 2. The fourth-order valence-corrected chi connectivity index (χ4v) is 3.64. The Balaban J connectivity index is 1.65. The van der Waals surface area contributed by atoms with Crippen molar-refractivity contribution < 1.29 is 32.6 Å². The maximum atomic E-state index is 12.9. The Morgan fingerprint density at radius 3 is 2.20 bits per heavy atom. The SMILES string of the molecule is O=C1C(Cl)=C(N2CCN(CCOCCO)CC2)C(=O)N1c1ccc(C(F)(F)F)cc1. The minimum absolute atomic E-state index is 0.0332. The second-order valence-corrected chi connectivity index (χ2v) is 7.20. The molecule has 30 heavy (non-hydrogen) atoms. The summed E-state index contributed by atoms with van der Waals surface area (Å²) in [5, 5.41) is 8.47. The molecule has 0 atom stereocenters. The summed E-state index contributed by atoms with van der Waals surface area (Å²) in [4.78, 5) is 30.1. The quantitative estimate of drug-likeness (QED) is 0.506. The number of nitrogens with zero attached hydrogens (tertiary/aromatic N) is 3. The molecule has 1 fully saturated rings. The van der Waals surface area contributed by atoms with Crippen LogP contribution in [-0.2, 0) is 20.5 Å². The smallest absolute Gasteiger partial charge is 0.394 e. The Kier molecular flexibility index (Phi) is 7.02. The van der Waals surface area contributed by atoms with Crippen LogP contribution < -0.4 is 4.90 Å². The fraction of sp³-hybridized carbons (Fsp3) is 0.474. The number of aliphatic hydroxyl groups is 1. The third-order valence-electron chi connectivity index (χ3n) is 4.93. The van der Waals surface area contributed by atoms with Gasteiger partial charge in [-0.05, 0) is 24.3 Å². The molecule has 1 N–H and O–H groups in total. The summed E-state index contributed by atoms with van der Waals surface area (Å²) in [6, 6.07) is 3.80. The Morgan fingerprint density at radius 1 is 1.00 bits per heavy atom. The van der Waals surface area contributed by atoms with Crippen LogP contribution in [0.4, 0.5) is 18.9 Å². The van der Waals surface area contributed by atoms with Crippen molar-refractivity contribution in [3.8, 4) is 0 Å². The van der Waals surface area contributed by atoms with Crippen molar-refractivity contribution in [1.29, 1.82) is 0 Å². The molecule has 2 aliphatic rings. The number of aliphatic hydroxyl groups excluding tert-OH is 1. The van der Waals surface area contributed by atoms with Crippen LogP contribution in [0, 0.1) is 0 Å². The number of hydrogen-bond acceptors (Lipinski definition) is 6. The number of imide groups is 1. The summed E-state index contributed by atoms with van der Waals surface area (Å²) in [7, 11) is 0. The van der Waals surface area contributed by atoms with Gasteiger partial charge in [-0.25, -0.2) is 4.90 Å². The lowest BCUT2D eigenvalue weighted by Crippen LogP contribution is -2.48. The standard InChI is InChI=1S/C19H21ClF3N3O4/c20-15-16(25-7-5-24(6-8-25)9-11-30-12-10-27)18(29)26(17(15)28)14-3-1-13(2-4-14)19(21,22)23/h1-4,27H,5-12H2. The number of carbonyl (C=O) groups is 2. The van der Waals surface area contributed by atoms with E-state index in [0.717, 1.165) is 29.2 Å². The van der Waals surface area contributed by atoms with E-state index in [9.17, 15) is 22.8 Å². The van der Waals surface area contributed by atoms with Gasteiger partial charge < -0.3 is 14.7 Å². The molecule has 0 saturated carbocycles. The summed E-state index contributed by atoms with van der Waals surface area (Å²) in [6.45, 7) is 3.56. The zero-order chi connectivity index (χ0) is 21.9. The molecule has 11 heteroatoms. The number of ether oxygens (including phenoxy) is 1. The van der Waals surface area contributed by atoms with E-state index in [0.29, 0.717) is 39.3 Å². The largest absolute Gasteiger partial charge is 0.416 e. The Morgan fingerprint density at radius 2 is 1.63 bits per heavy atom. The van der Waals surface area contributed by atoms with Crippen LogP contribution in [0.5, 0.6) is 0 Å². The lowest BCUT2D eigenvalue weighted by Gasteiger charge is -2.36. The Hall–Kier alpha value is -2.14. The van der Waals surface area contributed by atoms with Crippen molar-refractivity contribution in [2.24, 2.45) is 0 Å². The van der Waals surface area contributed by atoms with Gasteiger partial charge in [0.1, 0.15) is 10.7 Å². The van der Waals surface area contributed by atoms with E-state index in [2.05, 4.69) is 4.90 Å². The first-order chi connectivity index (χ1) is 14.2. The van der Waals surface area contributed by atoms with Gasteiger partial charge in [-0.2, -0.15) is 13.2 Å². The molecule has 2 amide bonds. The summed E-state index contributed by atoms with van der Waals surface area (Å²) in [5.74, 6) is -1.40.